The normalized spacial score (nSPS) is 20.7. The van der Waals surface area contributed by atoms with Crippen molar-refractivity contribution in [1.29, 1.82) is 0 Å². The van der Waals surface area contributed by atoms with Gasteiger partial charge in [0.2, 0.25) is 0 Å². The molecule has 3 heteroatoms. The van der Waals surface area contributed by atoms with E-state index in [9.17, 15) is 0 Å². The van der Waals surface area contributed by atoms with Crippen molar-refractivity contribution in [3.63, 3.8) is 0 Å². The van der Waals surface area contributed by atoms with E-state index in [0.29, 0.717) is 6.10 Å². The van der Waals surface area contributed by atoms with E-state index >= 15 is 0 Å². The lowest BCUT2D eigenvalue weighted by molar-refractivity contribution is 0.0626. The van der Waals surface area contributed by atoms with E-state index in [4.69, 9.17) is 4.84 Å². The Labute approximate surface area is 104 Å². The highest BCUT2D eigenvalue weighted by Crippen LogP contribution is 2.18. The highest BCUT2D eigenvalue weighted by molar-refractivity contribution is 14.1. The Hall–Kier alpha value is -0.580. The van der Waals surface area contributed by atoms with E-state index in [1.807, 2.05) is 0 Å². The zero-order chi connectivity index (χ0) is 10.7. The molecule has 1 aliphatic rings. The van der Waals surface area contributed by atoms with E-state index in [1.165, 1.54) is 11.1 Å². The van der Waals surface area contributed by atoms with Crippen LogP contribution in [0.4, 0.5) is 0 Å². The number of oxime groups is 1. The minimum Gasteiger partial charge on any atom is -0.391 e. The number of benzene rings is 1. The maximum atomic E-state index is 5.40. The Morgan fingerprint density at radius 3 is 2.67 bits per heavy atom. The lowest BCUT2D eigenvalue weighted by Gasteiger charge is -2.19. The fourth-order valence-corrected chi connectivity index (χ4v) is 2.18. The van der Waals surface area contributed by atoms with Gasteiger partial charge in [-0.15, -0.1) is 0 Å². The summed E-state index contributed by atoms with van der Waals surface area (Å²) < 4.78 is 1.02. The van der Waals surface area contributed by atoms with Crippen LogP contribution in [-0.2, 0) is 4.84 Å². The molecule has 1 aromatic rings. The molecule has 0 amide bonds. The van der Waals surface area contributed by atoms with Gasteiger partial charge in [0.1, 0.15) is 6.10 Å². The van der Waals surface area contributed by atoms with Crippen LogP contribution in [0.25, 0.3) is 0 Å². The first-order valence-corrected chi connectivity index (χ1v) is 6.68. The Bertz CT molecular complexity index is 358. The second-order valence-corrected chi connectivity index (χ2v) is 4.71. The van der Waals surface area contributed by atoms with E-state index in [0.717, 1.165) is 23.0 Å². The predicted molar refractivity (Wildman–Crippen MR) is 70.7 cm³/mol. The van der Waals surface area contributed by atoms with Gasteiger partial charge < -0.3 is 4.84 Å². The van der Waals surface area contributed by atoms with Crippen molar-refractivity contribution in [2.75, 3.05) is 4.43 Å². The van der Waals surface area contributed by atoms with Gasteiger partial charge >= 0.3 is 0 Å². The van der Waals surface area contributed by atoms with Crippen LogP contribution in [0.3, 0.4) is 0 Å². The SMILES string of the molecule is Cc1ccc(C2=NOC(CI)CC2)cc1. The standard InChI is InChI=1S/C12H14INO/c1-9-2-4-10(5-3-9)12-7-6-11(8-13)15-14-12/h2-5,11H,6-8H2,1H3. The lowest BCUT2D eigenvalue weighted by Crippen LogP contribution is -2.20. The first-order chi connectivity index (χ1) is 7.29. The molecule has 1 aromatic carbocycles. The summed E-state index contributed by atoms with van der Waals surface area (Å²) >= 11 is 2.34. The van der Waals surface area contributed by atoms with Crippen molar-refractivity contribution in [3.8, 4) is 0 Å². The number of hydrogen-bond donors (Lipinski definition) is 0. The first kappa shape index (κ1) is 10.9. The summed E-state index contributed by atoms with van der Waals surface area (Å²) in [6, 6.07) is 8.45. The Balaban J connectivity index is 2.12. The quantitative estimate of drug-likeness (QED) is 0.606. The highest BCUT2D eigenvalue weighted by Gasteiger charge is 2.16. The average Bonchev–Trinajstić information content (AvgIpc) is 2.30. The molecule has 0 aromatic heterocycles. The third-order valence-corrected chi connectivity index (χ3v) is 3.55. The first-order valence-electron chi connectivity index (χ1n) is 5.15. The molecule has 1 unspecified atom stereocenters. The predicted octanol–water partition coefficient (Wildman–Crippen LogP) is 3.31. The number of aryl methyl sites for hydroxylation is 1. The Morgan fingerprint density at radius 2 is 2.13 bits per heavy atom. The number of nitrogens with zero attached hydrogens (tertiary/aromatic N) is 1. The number of rotatable bonds is 2. The lowest BCUT2D eigenvalue weighted by atomic mass is 10.0. The molecule has 0 saturated heterocycles. The summed E-state index contributed by atoms with van der Waals surface area (Å²) in [7, 11) is 0. The molecule has 15 heavy (non-hydrogen) atoms. The smallest absolute Gasteiger partial charge is 0.136 e. The van der Waals surface area contributed by atoms with Gasteiger partial charge in [-0.1, -0.05) is 57.6 Å². The van der Waals surface area contributed by atoms with Crippen molar-refractivity contribution in [2.24, 2.45) is 5.16 Å². The summed E-state index contributed by atoms with van der Waals surface area (Å²) in [4.78, 5) is 5.40. The molecule has 1 aliphatic heterocycles. The van der Waals surface area contributed by atoms with Crippen LogP contribution in [0.2, 0.25) is 0 Å². The molecule has 0 saturated carbocycles. The van der Waals surface area contributed by atoms with Crippen LogP contribution in [0.15, 0.2) is 29.4 Å². The Kier molecular flexibility index (Phi) is 3.61. The van der Waals surface area contributed by atoms with Crippen molar-refractivity contribution >= 4 is 28.3 Å². The van der Waals surface area contributed by atoms with Gasteiger partial charge in [0, 0.05) is 4.43 Å². The minimum atomic E-state index is 0.305. The molecule has 0 N–H and O–H groups in total. The topological polar surface area (TPSA) is 21.6 Å². The van der Waals surface area contributed by atoms with Crippen molar-refractivity contribution in [2.45, 2.75) is 25.9 Å². The average molecular weight is 315 g/mol. The number of halogens is 1. The van der Waals surface area contributed by atoms with E-state index in [2.05, 4.69) is 58.9 Å². The maximum Gasteiger partial charge on any atom is 0.136 e. The van der Waals surface area contributed by atoms with E-state index in [-0.39, 0.29) is 0 Å². The fourth-order valence-electron chi connectivity index (χ4n) is 1.58. The molecule has 0 radical (unpaired) electrons. The molecule has 0 spiro atoms. The molecular weight excluding hydrogens is 301 g/mol. The van der Waals surface area contributed by atoms with Crippen molar-refractivity contribution in [1.82, 2.24) is 0 Å². The van der Waals surface area contributed by atoms with E-state index in [1.54, 1.807) is 0 Å². The summed E-state index contributed by atoms with van der Waals surface area (Å²) in [5.74, 6) is 0. The van der Waals surface area contributed by atoms with Gasteiger partial charge in [-0.05, 0) is 25.3 Å². The molecule has 0 bridgehead atoms. The van der Waals surface area contributed by atoms with Crippen LogP contribution in [0.1, 0.15) is 24.0 Å². The third-order valence-electron chi connectivity index (χ3n) is 2.57. The van der Waals surface area contributed by atoms with Gasteiger partial charge in [0.15, 0.2) is 0 Å². The molecule has 2 nitrogen and oxygen atoms in total. The van der Waals surface area contributed by atoms with Crippen LogP contribution < -0.4 is 0 Å². The molecule has 2 rings (SSSR count). The molecule has 0 aliphatic carbocycles. The zero-order valence-electron chi connectivity index (χ0n) is 8.74. The van der Waals surface area contributed by atoms with Crippen LogP contribution >= 0.6 is 22.6 Å². The summed E-state index contributed by atoms with van der Waals surface area (Å²) in [6.07, 6.45) is 2.41. The van der Waals surface area contributed by atoms with Crippen molar-refractivity contribution < 1.29 is 4.84 Å². The monoisotopic (exact) mass is 315 g/mol. The van der Waals surface area contributed by atoms with Crippen molar-refractivity contribution in [3.05, 3.63) is 35.4 Å². The molecule has 0 fully saturated rings. The van der Waals surface area contributed by atoms with Crippen LogP contribution in [-0.4, -0.2) is 16.2 Å². The molecule has 80 valence electrons. The van der Waals surface area contributed by atoms with Crippen LogP contribution in [0, 0.1) is 6.92 Å². The highest BCUT2D eigenvalue weighted by atomic mass is 127. The second-order valence-electron chi connectivity index (χ2n) is 3.82. The fraction of sp³-hybridized carbons (Fsp3) is 0.417. The summed E-state index contributed by atoms with van der Waals surface area (Å²) in [6.45, 7) is 2.09. The summed E-state index contributed by atoms with van der Waals surface area (Å²) in [5.41, 5.74) is 3.55. The van der Waals surface area contributed by atoms with Crippen LogP contribution in [0.5, 0.6) is 0 Å². The maximum absolute atomic E-state index is 5.40. The number of alkyl halides is 1. The summed E-state index contributed by atoms with van der Waals surface area (Å²) in [5, 5.41) is 4.19. The van der Waals surface area contributed by atoms with Gasteiger partial charge in [-0.25, -0.2) is 0 Å². The third kappa shape index (κ3) is 2.71. The van der Waals surface area contributed by atoms with E-state index < -0.39 is 0 Å². The van der Waals surface area contributed by atoms with Gasteiger partial charge in [0.05, 0.1) is 5.71 Å². The molecular formula is C12H14INO. The Morgan fingerprint density at radius 1 is 1.40 bits per heavy atom. The second kappa shape index (κ2) is 4.96. The minimum absolute atomic E-state index is 0.305. The molecule has 1 heterocycles. The largest absolute Gasteiger partial charge is 0.391 e. The number of hydrogen-bond acceptors (Lipinski definition) is 2. The van der Waals surface area contributed by atoms with Gasteiger partial charge in [-0.3, -0.25) is 0 Å². The molecule has 1 atom stereocenters. The van der Waals surface area contributed by atoms with Gasteiger partial charge in [-0.2, -0.15) is 0 Å². The zero-order valence-corrected chi connectivity index (χ0v) is 10.9. The van der Waals surface area contributed by atoms with Gasteiger partial charge in [0.25, 0.3) is 0 Å².